The Labute approximate surface area is 119 Å². The molecule has 2 N–H and O–H groups in total. The first kappa shape index (κ1) is 15.0. The molecule has 0 aliphatic carbocycles. The lowest BCUT2D eigenvalue weighted by Gasteiger charge is -2.21. The molecule has 0 amide bonds. The topological polar surface area (TPSA) is 64.0 Å². The van der Waals surface area contributed by atoms with Crippen molar-refractivity contribution < 1.29 is 15.0 Å². The summed E-state index contributed by atoms with van der Waals surface area (Å²) >= 11 is 0. The van der Waals surface area contributed by atoms with Crippen molar-refractivity contribution >= 4 is 5.97 Å². The number of hydrogen-bond acceptors (Lipinski definition) is 4. The lowest BCUT2D eigenvalue weighted by atomic mass is 10.1. The quantitative estimate of drug-likeness (QED) is 0.837. The summed E-state index contributed by atoms with van der Waals surface area (Å²) in [7, 11) is 0. The Balaban J connectivity index is 1.98. The molecule has 5 heteroatoms. The van der Waals surface area contributed by atoms with Gasteiger partial charge in [0, 0.05) is 26.2 Å². The van der Waals surface area contributed by atoms with Gasteiger partial charge in [-0.15, -0.1) is 0 Å². The minimum Gasteiger partial charge on any atom is -0.478 e. The Bertz CT molecular complexity index is 450. The number of aliphatic hydroxyl groups is 1. The van der Waals surface area contributed by atoms with Crippen LogP contribution in [-0.2, 0) is 6.54 Å². The van der Waals surface area contributed by atoms with Crippen LogP contribution >= 0.6 is 0 Å². The van der Waals surface area contributed by atoms with E-state index in [0.29, 0.717) is 12.1 Å². The van der Waals surface area contributed by atoms with Crippen LogP contribution < -0.4 is 0 Å². The highest BCUT2D eigenvalue weighted by Gasteiger charge is 2.17. The van der Waals surface area contributed by atoms with E-state index in [9.17, 15) is 9.90 Å². The van der Waals surface area contributed by atoms with Gasteiger partial charge in [-0.3, -0.25) is 9.80 Å². The van der Waals surface area contributed by atoms with Crippen molar-refractivity contribution in [2.45, 2.75) is 13.0 Å². The average molecular weight is 278 g/mol. The zero-order valence-corrected chi connectivity index (χ0v) is 11.7. The highest BCUT2D eigenvalue weighted by Crippen LogP contribution is 2.13. The molecule has 2 rings (SSSR count). The van der Waals surface area contributed by atoms with Crippen molar-refractivity contribution in [2.24, 2.45) is 0 Å². The molecule has 1 heterocycles. The molecule has 0 radical (unpaired) electrons. The van der Waals surface area contributed by atoms with Crippen molar-refractivity contribution in [1.82, 2.24) is 9.80 Å². The number of aliphatic hydroxyl groups excluding tert-OH is 1. The minimum atomic E-state index is -0.864. The predicted octanol–water partition coefficient (Wildman–Crippen LogP) is 0.885. The van der Waals surface area contributed by atoms with Gasteiger partial charge in [-0.25, -0.2) is 4.79 Å². The third kappa shape index (κ3) is 4.03. The van der Waals surface area contributed by atoms with Gasteiger partial charge in [-0.2, -0.15) is 0 Å². The number of carboxylic acid groups (broad SMARTS) is 1. The number of aromatic carboxylic acids is 1. The van der Waals surface area contributed by atoms with Crippen molar-refractivity contribution in [3.8, 4) is 0 Å². The number of carbonyl (C=O) groups is 1. The number of rotatable bonds is 5. The van der Waals surface area contributed by atoms with Crippen LogP contribution in [0, 0.1) is 0 Å². The van der Waals surface area contributed by atoms with Crippen molar-refractivity contribution in [3.05, 3.63) is 35.4 Å². The molecule has 0 bridgehead atoms. The number of hydrogen-bond donors (Lipinski definition) is 2. The number of benzene rings is 1. The van der Waals surface area contributed by atoms with Crippen LogP contribution in [-0.4, -0.2) is 65.3 Å². The standard InChI is InChI=1S/C15H22N2O3/c18-11-10-16-6-3-7-17(9-8-16)12-13-4-1-2-5-14(13)15(19)20/h1-2,4-5,18H,3,6-12H2,(H,19,20). The Kier molecular flexibility index (Phi) is 5.52. The fourth-order valence-corrected chi connectivity index (χ4v) is 2.66. The number of carboxylic acids is 1. The van der Waals surface area contributed by atoms with E-state index >= 15 is 0 Å². The molecule has 1 aromatic rings. The SMILES string of the molecule is O=C(O)c1ccccc1CN1CCCN(CCO)CC1. The molecule has 1 aromatic carbocycles. The van der Waals surface area contributed by atoms with Gasteiger partial charge < -0.3 is 10.2 Å². The molecule has 110 valence electrons. The van der Waals surface area contributed by atoms with E-state index in [2.05, 4.69) is 9.80 Å². The molecule has 1 aliphatic rings. The zero-order valence-electron chi connectivity index (χ0n) is 11.7. The Morgan fingerprint density at radius 3 is 2.55 bits per heavy atom. The highest BCUT2D eigenvalue weighted by atomic mass is 16.4. The first-order valence-corrected chi connectivity index (χ1v) is 7.07. The number of β-amino-alcohol motifs (C(OH)–C–C–N with tert-alkyl or cyclic N) is 1. The third-order valence-electron chi connectivity index (χ3n) is 3.74. The summed E-state index contributed by atoms with van der Waals surface area (Å²) in [6, 6.07) is 7.20. The van der Waals surface area contributed by atoms with E-state index in [0.717, 1.165) is 44.7 Å². The molecular weight excluding hydrogens is 256 g/mol. The maximum absolute atomic E-state index is 11.2. The molecule has 1 fully saturated rings. The van der Waals surface area contributed by atoms with Crippen LogP contribution in [0.25, 0.3) is 0 Å². The molecule has 20 heavy (non-hydrogen) atoms. The van der Waals surface area contributed by atoms with Crippen LogP contribution in [0.5, 0.6) is 0 Å². The van der Waals surface area contributed by atoms with E-state index in [1.165, 1.54) is 0 Å². The summed E-state index contributed by atoms with van der Waals surface area (Å²) in [5.41, 5.74) is 1.26. The first-order valence-electron chi connectivity index (χ1n) is 7.07. The normalized spacial score (nSPS) is 17.9. The first-order chi connectivity index (χ1) is 9.70. The zero-order chi connectivity index (χ0) is 14.4. The monoisotopic (exact) mass is 278 g/mol. The van der Waals surface area contributed by atoms with Gasteiger partial charge in [0.05, 0.1) is 12.2 Å². The van der Waals surface area contributed by atoms with Crippen LogP contribution in [0.15, 0.2) is 24.3 Å². The molecule has 1 saturated heterocycles. The smallest absolute Gasteiger partial charge is 0.336 e. The van der Waals surface area contributed by atoms with Crippen molar-refractivity contribution in [3.63, 3.8) is 0 Å². The van der Waals surface area contributed by atoms with E-state index in [-0.39, 0.29) is 6.61 Å². The second-order valence-electron chi connectivity index (χ2n) is 5.16. The van der Waals surface area contributed by atoms with E-state index < -0.39 is 5.97 Å². The summed E-state index contributed by atoms with van der Waals surface area (Å²) in [6.45, 7) is 5.40. The summed E-state index contributed by atoms with van der Waals surface area (Å²) in [5, 5.41) is 18.2. The fraction of sp³-hybridized carbons (Fsp3) is 0.533. The van der Waals surface area contributed by atoms with Crippen LogP contribution in [0.3, 0.4) is 0 Å². The van der Waals surface area contributed by atoms with Crippen LogP contribution in [0.4, 0.5) is 0 Å². The molecule has 0 spiro atoms. The second-order valence-corrected chi connectivity index (χ2v) is 5.16. The molecule has 0 aromatic heterocycles. The maximum Gasteiger partial charge on any atom is 0.336 e. The Hall–Kier alpha value is -1.43. The van der Waals surface area contributed by atoms with Gasteiger partial charge in [0.15, 0.2) is 0 Å². The summed E-state index contributed by atoms with van der Waals surface area (Å²) in [6.07, 6.45) is 1.05. The van der Waals surface area contributed by atoms with Gasteiger partial charge in [0.1, 0.15) is 0 Å². The fourth-order valence-electron chi connectivity index (χ4n) is 2.66. The van der Waals surface area contributed by atoms with Gasteiger partial charge >= 0.3 is 5.97 Å². The van der Waals surface area contributed by atoms with E-state index in [1.54, 1.807) is 12.1 Å². The van der Waals surface area contributed by atoms with E-state index in [1.807, 2.05) is 12.1 Å². The summed E-state index contributed by atoms with van der Waals surface area (Å²) in [4.78, 5) is 15.8. The van der Waals surface area contributed by atoms with Gasteiger partial charge in [-0.1, -0.05) is 18.2 Å². The molecular formula is C15H22N2O3. The second kappa shape index (κ2) is 7.38. The van der Waals surface area contributed by atoms with Gasteiger partial charge in [0.25, 0.3) is 0 Å². The largest absolute Gasteiger partial charge is 0.478 e. The maximum atomic E-state index is 11.2. The van der Waals surface area contributed by atoms with Crippen molar-refractivity contribution in [2.75, 3.05) is 39.3 Å². The van der Waals surface area contributed by atoms with Crippen LogP contribution in [0.1, 0.15) is 22.3 Å². The lowest BCUT2D eigenvalue weighted by Crippen LogP contribution is -2.32. The van der Waals surface area contributed by atoms with Crippen LogP contribution in [0.2, 0.25) is 0 Å². The third-order valence-corrected chi connectivity index (χ3v) is 3.74. The Morgan fingerprint density at radius 1 is 1.10 bits per heavy atom. The molecule has 1 aliphatic heterocycles. The molecule has 0 saturated carbocycles. The molecule has 5 nitrogen and oxygen atoms in total. The molecule has 0 unspecified atom stereocenters. The highest BCUT2D eigenvalue weighted by molar-refractivity contribution is 5.89. The molecule has 0 atom stereocenters. The predicted molar refractivity (Wildman–Crippen MR) is 76.8 cm³/mol. The lowest BCUT2D eigenvalue weighted by molar-refractivity contribution is 0.0694. The summed E-state index contributed by atoms with van der Waals surface area (Å²) in [5.74, 6) is -0.864. The Morgan fingerprint density at radius 2 is 1.80 bits per heavy atom. The average Bonchev–Trinajstić information content (AvgIpc) is 2.65. The van der Waals surface area contributed by atoms with Gasteiger partial charge in [0.2, 0.25) is 0 Å². The van der Waals surface area contributed by atoms with E-state index in [4.69, 9.17) is 5.11 Å². The summed E-state index contributed by atoms with van der Waals surface area (Å²) < 4.78 is 0. The van der Waals surface area contributed by atoms with Crippen molar-refractivity contribution in [1.29, 1.82) is 0 Å². The number of nitrogens with zero attached hydrogens (tertiary/aromatic N) is 2. The minimum absolute atomic E-state index is 0.196. The van der Waals surface area contributed by atoms with Gasteiger partial charge in [-0.05, 0) is 31.1 Å².